The van der Waals surface area contributed by atoms with E-state index < -0.39 is 5.24 Å². The van der Waals surface area contributed by atoms with E-state index in [1.807, 2.05) is 12.1 Å². The van der Waals surface area contributed by atoms with E-state index in [0.29, 0.717) is 16.3 Å². The van der Waals surface area contributed by atoms with Crippen molar-refractivity contribution in [3.63, 3.8) is 0 Å². The molecule has 2 rings (SSSR count). The van der Waals surface area contributed by atoms with Crippen LogP contribution in [-0.4, -0.2) is 11.1 Å². The molecule has 0 fully saturated rings. The second-order valence-corrected chi connectivity index (χ2v) is 4.92. The lowest BCUT2D eigenvalue weighted by atomic mass is 10.1. The van der Waals surface area contributed by atoms with Crippen LogP contribution in [0.3, 0.4) is 0 Å². The highest BCUT2D eigenvalue weighted by molar-refractivity contribution is 6.67. The SMILES string of the molecule is O=C(Cc1ccccc1Cl)Nc1ccc(C(=O)Cl)cc1. The summed E-state index contributed by atoms with van der Waals surface area (Å²) in [6.07, 6.45) is 0.190. The zero-order chi connectivity index (χ0) is 14.5. The van der Waals surface area contributed by atoms with Gasteiger partial charge in [-0.25, -0.2) is 0 Å². The van der Waals surface area contributed by atoms with Crippen molar-refractivity contribution in [2.45, 2.75) is 6.42 Å². The Kier molecular flexibility index (Phi) is 4.77. The third-order valence-electron chi connectivity index (χ3n) is 2.70. The monoisotopic (exact) mass is 307 g/mol. The normalized spacial score (nSPS) is 10.1. The van der Waals surface area contributed by atoms with E-state index in [2.05, 4.69) is 5.32 Å². The second-order valence-electron chi connectivity index (χ2n) is 4.17. The number of rotatable bonds is 4. The van der Waals surface area contributed by atoms with Crippen molar-refractivity contribution in [3.05, 3.63) is 64.7 Å². The van der Waals surface area contributed by atoms with E-state index in [9.17, 15) is 9.59 Å². The summed E-state index contributed by atoms with van der Waals surface area (Å²) in [7, 11) is 0. The molecule has 0 unspecified atom stereocenters. The van der Waals surface area contributed by atoms with Gasteiger partial charge in [-0.3, -0.25) is 9.59 Å². The van der Waals surface area contributed by atoms with Crippen molar-refractivity contribution < 1.29 is 9.59 Å². The topological polar surface area (TPSA) is 46.2 Å². The molecule has 1 amide bonds. The molecule has 1 N–H and O–H groups in total. The smallest absolute Gasteiger partial charge is 0.252 e. The number of benzene rings is 2. The van der Waals surface area contributed by atoms with Gasteiger partial charge in [0.2, 0.25) is 5.91 Å². The third kappa shape index (κ3) is 3.83. The average molecular weight is 308 g/mol. The molecule has 0 spiro atoms. The number of carbonyl (C=O) groups is 2. The maximum Gasteiger partial charge on any atom is 0.252 e. The van der Waals surface area contributed by atoms with Gasteiger partial charge >= 0.3 is 0 Å². The summed E-state index contributed by atoms with van der Waals surface area (Å²) in [6.45, 7) is 0. The van der Waals surface area contributed by atoms with Gasteiger partial charge in [0.05, 0.1) is 6.42 Å². The summed E-state index contributed by atoms with van der Waals surface area (Å²) >= 11 is 11.3. The molecular weight excluding hydrogens is 297 g/mol. The first-order chi connectivity index (χ1) is 9.56. The lowest BCUT2D eigenvalue weighted by Crippen LogP contribution is -2.14. The second kappa shape index (κ2) is 6.55. The van der Waals surface area contributed by atoms with E-state index in [1.54, 1.807) is 36.4 Å². The molecule has 0 atom stereocenters. The van der Waals surface area contributed by atoms with Crippen LogP contribution in [0.4, 0.5) is 5.69 Å². The Labute approximate surface area is 126 Å². The molecule has 2 aromatic rings. The fourth-order valence-electron chi connectivity index (χ4n) is 1.70. The van der Waals surface area contributed by atoms with Crippen molar-refractivity contribution in [2.24, 2.45) is 0 Å². The number of carbonyl (C=O) groups excluding carboxylic acids is 2. The number of hydrogen-bond donors (Lipinski definition) is 1. The standard InChI is InChI=1S/C15H11Cl2NO2/c16-13-4-2-1-3-11(13)9-14(19)18-12-7-5-10(6-8-12)15(17)20/h1-8H,9H2,(H,18,19). The van der Waals surface area contributed by atoms with Gasteiger partial charge in [0.15, 0.2) is 0 Å². The Morgan fingerprint density at radius 1 is 1.00 bits per heavy atom. The Morgan fingerprint density at radius 2 is 1.65 bits per heavy atom. The first kappa shape index (κ1) is 14.6. The fourth-order valence-corrected chi connectivity index (χ4v) is 2.03. The van der Waals surface area contributed by atoms with Gasteiger partial charge in [-0.05, 0) is 47.5 Å². The van der Waals surface area contributed by atoms with Crippen molar-refractivity contribution in [3.8, 4) is 0 Å². The van der Waals surface area contributed by atoms with E-state index in [0.717, 1.165) is 5.56 Å². The molecule has 0 aliphatic heterocycles. The van der Waals surface area contributed by atoms with Crippen LogP contribution in [0.15, 0.2) is 48.5 Å². The summed E-state index contributed by atoms with van der Waals surface area (Å²) in [4.78, 5) is 22.8. The molecule has 20 heavy (non-hydrogen) atoms. The molecule has 2 aromatic carbocycles. The predicted octanol–water partition coefficient (Wildman–Crippen LogP) is 3.90. The Bertz CT molecular complexity index is 639. The summed E-state index contributed by atoms with van der Waals surface area (Å²) in [5.74, 6) is -0.178. The maximum atomic E-state index is 11.9. The number of nitrogens with one attached hydrogen (secondary N) is 1. The lowest BCUT2D eigenvalue weighted by molar-refractivity contribution is -0.115. The van der Waals surface area contributed by atoms with Gasteiger partial charge in [0, 0.05) is 16.3 Å². The van der Waals surface area contributed by atoms with Crippen LogP contribution in [0.1, 0.15) is 15.9 Å². The molecule has 0 heterocycles. The predicted molar refractivity (Wildman–Crippen MR) is 80.4 cm³/mol. The van der Waals surface area contributed by atoms with Crippen molar-refractivity contribution in [2.75, 3.05) is 5.32 Å². The minimum atomic E-state index is -0.529. The highest BCUT2D eigenvalue weighted by Crippen LogP contribution is 2.17. The Balaban J connectivity index is 2.01. The van der Waals surface area contributed by atoms with Gasteiger partial charge in [0.1, 0.15) is 0 Å². The molecule has 5 heteroatoms. The van der Waals surface area contributed by atoms with Gasteiger partial charge in [-0.1, -0.05) is 29.8 Å². The highest BCUT2D eigenvalue weighted by atomic mass is 35.5. The van der Waals surface area contributed by atoms with Crippen LogP contribution in [0.25, 0.3) is 0 Å². The van der Waals surface area contributed by atoms with E-state index >= 15 is 0 Å². The zero-order valence-electron chi connectivity index (χ0n) is 10.4. The van der Waals surface area contributed by atoms with Crippen LogP contribution in [0.2, 0.25) is 5.02 Å². The van der Waals surface area contributed by atoms with E-state index in [4.69, 9.17) is 23.2 Å². The Hall–Kier alpha value is -1.84. The molecule has 0 saturated carbocycles. The molecule has 0 aliphatic rings. The van der Waals surface area contributed by atoms with Crippen LogP contribution in [-0.2, 0) is 11.2 Å². The van der Waals surface area contributed by atoms with Crippen molar-refractivity contribution in [1.82, 2.24) is 0 Å². The van der Waals surface area contributed by atoms with E-state index in [1.165, 1.54) is 0 Å². The minimum absolute atomic E-state index is 0.178. The van der Waals surface area contributed by atoms with Gasteiger partial charge in [-0.2, -0.15) is 0 Å². The average Bonchev–Trinajstić information content (AvgIpc) is 2.42. The van der Waals surface area contributed by atoms with Gasteiger partial charge in [-0.15, -0.1) is 0 Å². The number of anilines is 1. The molecular formula is C15H11Cl2NO2. The first-order valence-electron chi connectivity index (χ1n) is 5.89. The first-order valence-corrected chi connectivity index (χ1v) is 6.65. The van der Waals surface area contributed by atoms with E-state index in [-0.39, 0.29) is 12.3 Å². The fraction of sp³-hybridized carbons (Fsp3) is 0.0667. The summed E-state index contributed by atoms with van der Waals surface area (Å²) in [5.41, 5.74) is 1.75. The van der Waals surface area contributed by atoms with Crippen LogP contribution < -0.4 is 5.32 Å². The van der Waals surface area contributed by atoms with Crippen LogP contribution in [0, 0.1) is 0 Å². The van der Waals surface area contributed by atoms with Gasteiger partial charge in [0.25, 0.3) is 5.24 Å². The van der Waals surface area contributed by atoms with Gasteiger partial charge < -0.3 is 5.32 Å². The largest absolute Gasteiger partial charge is 0.326 e. The molecule has 0 saturated heterocycles. The highest BCUT2D eigenvalue weighted by Gasteiger charge is 2.07. The van der Waals surface area contributed by atoms with Crippen molar-refractivity contribution in [1.29, 1.82) is 0 Å². The Morgan fingerprint density at radius 3 is 2.25 bits per heavy atom. The molecule has 0 radical (unpaired) electrons. The third-order valence-corrected chi connectivity index (χ3v) is 3.29. The number of amides is 1. The molecule has 102 valence electrons. The molecule has 0 aromatic heterocycles. The van der Waals surface area contributed by atoms with Crippen LogP contribution >= 0.6 is 23.2 Å². The number of halogens is 2. The number of hydrogen-bond acceptors (Lipinski definition) is 2. The maximum absolute atomic E-state index is 11.9. The van der Waals surface area contributed by atoms with Crippen LogP contribution in [0.5, 0.6) is 0 Å². The minimum Gasteiger partial charge on any atom is -0.326 e. The molecule has 0 aliphatic carbocycles. The molecule has 3 nitrogen and oxygen atoms in total. The summed E-state index contributed by atoms with van der Waals surface area (Å²) < 4.78 is 0. The zero-order valence-corrected chi connectivity index (χ0v) is 11.9. The summed E-state index contributed by atoms with van der Waals surface area (Å²) in [5, 5.41) is 2.76. The quantitative estimate of drug-likeness (QED) is 0.871. The lowest BCUT2D eigenvalue weighted by Gasteiger charge is -2.06. The summed E-state index contributed by atoms with van der Waals surface area (Å²) in [6, 6.07) is 13.5. The molecule has 0 bridgehead atoms. The van der Waals surface area contributed by atoms with Crippen molar-refractivity contribution >= 4 is 40.0 Å².